The zero-order chi connectivity index (χ0) is 16.1. The van der Waals surface area contributed by atoms with Gasteiger partial charge in [-0.15, -0.1) is 0 Å². The molecule has 0 heterocycles. The van der Waals surface area contributed by atoms with Crippen LogP contribution in [0.4, 0.5) is 4.39 Å². The average Bonchev–Trinajstić information content (AvgIpc) is 2.47. The van der Waals surface area contributed by atoms with E-state index in [-0.39, 0.29) is 11.4 Å². The van der Waals surface area contributed by atoms with E-state index in [1.165, 1.54) is 18.2 Å². The number of carboxylic acids is 1. The summed E-state index contributed by atoms with van der Waals surface area (Å²) >= 11 is 0. The van der Waals surface area contributed by atoms with Crippen molar-refractivity contribution in [3.05, 3.63) is 65.0 Å². The maximum absolute atomic E-state index is 12.9. The van der Waals surface area contributed by atoms with Crippen LogP contribution in [0.1, 0.15) is 23.6 Å². The van der Waals surface area contributed by atoms with Gasteiger partial charge in [-0.05, 0) is 60.9 Å². The highest BCUT2D eigenvalue weighted by molar-refractivity contribution is 6.21. The predicted molar refractivity (Wildman–Crippen MR) is 84.3 cm³/mol. The van der Waals surface area contributed by atoms with Crippen LogP contribution in [0.25, 0.3) is 11.6 Å². The lowest BCUT2D eigenvalue weighted by Gasteiger charge is -2.10. The number of rotatable bonds is 5. The number of halogens is 1. The summed E-state index contributed by atoms with van der Waals surface area (Å²) in [4.78, 5) is 11.6. The number of carboxylic acid groups (broad SMARTS) is 1. The van der Waals surface area contributed by atoms with Gasteiger partial charge in [0.25, 0.3) is 0 Å². The van der Waals surface area contributed by atoms with E-state index in [4.69, 9.17) is 4.74 Å². The van der Waals surface area contributed by atoms with Crippen molar-refractivity contribution in [2.24, 2.45) is 0 Å². The van der Waals surface area contributed by atoms with Crippen molar-refractivity contribution in [1.29, 1.82) is 0 Å². The minimum atomic E-state index is -1.03. The highest BCUT2D eigenvalue weighted by atomic mass is 19.1. The molecule has 0 spiro atoms. The summed E-state index contributed by atoms with van der Waals surface area (Å²) in [6, 6.07) is 11.0. The summed E-state index contributed by atoms with van der Waals surface area (Å²) in [5, 5.41) is 9.47. The first kappa shape index (κ1) is 15.8. The van der Waals surface area contributed by atoms with Gasteiger partial charge in [0.1, 0.15) is 11.6 Å². The molecule has 2 aromatic rings. The lowest BCUT2D eigenvalue weighted by atomic mass is 9.98. The van der Waals surface area contributed by atoms with E-state index in [0.29, 0.717) is 23.5 Å². The second-order valence-corrected chi connectivity index (χ2v) is 4.82. The maximum Gasteiger partial charge on any atom is 0.336 e. The van der Waals surface area contributed by atoms with Gasteiger partial charge in [-0.2, -0.15) is 0 Å². The van der Waals surface area contributed by atoms with Crippen molar-refractivity contribution >= 4 is 17.6 Å². The van der Waals surface area contributed by atoms with Crippen LogP contribution < -0.4 is 4.74 Å². The van der Waals surface area contributed by atoms with Gasteiger partial charge < -0.3 is 9.84 Å². The summed E-state index contributed by atoms with van der Waals surface area (Å²) < 4.78 is 18.3. The Kier molecular flexibility index (Phi) is 4.94. The summed E-state index contributed by atoms with van der Waals surface area (Å²) in [6.45, 7) is 4.27. The van der Waals surface area contributed by atoms with Crippen molar-refractivity contribution in [2.75, 3.05) is 6.61 Å². The van der Waals surface area contributed by atoms with Crippen molar-refractivity contribution in [3.63, 3.8) is 0 Å². The molecule has 0 aliphatic carbocycles. The third kappa shape index (κ3) is 3.73. The maximum atomic E-state index is 12.9. The van der Waals surface area contributed by atoms with Crippen LogP contribution in [0.15, 0.2) is 42.5 Å². The Morgan fingerprint density at radius 1 is 1.23 bits per heavy atom. The molecule has 114 valence electrons. The fourth-order valence-electron chi connectivity index (χ4n) is 2.18. The Hall–Kier alpha value is -2.62. The molecule has 0 saturated heterocycles. The fraction of sp³-hybridized carbons (Fsp3) is 0.167. The quantitative estimate of drug-likeness (QED) is 0.666. The molecular weight excluding hydrogens is 283 g/mol. The number of hydrogen-bond donors (Lipinski definition) is 1. The van der Waals surface area contributed by atoms with Gasteiger partial charge in [0.2, 0.25) is 0 Å². The molecule has 0 bridgehead atoms. The van der Waals surface area contributed by atoms with Gasteiger partial charge in [-0.3, -0.25) is 0 Å². The number of aliphatic carboxylic acids is 1. The molecule has 0 radical (unpaired) electrons. The fourth-order valence-corrected chi connectivity index (χ4v) is 2.18. The molecule has 0 unspecified atom stereocenters. The highest BCUT2D eigenvalue weighted by Crippen LogP contribution is 2.25. The Labute approximate surface area is 128 Å². The molecule has 0 aliphatic rings. The SMILES string of the molecule is CCOc1ccc(/C(=C/c2ccc(F)cc2)C(=O)O)c(C)c1. The molecule has 2 rings (SSSR count). The van der Waals surface area contributed by atoms with Crippen LogP contribution in [-0.4, -0.2) is 17.7 Å². The van der Waals surface area contributed by atoms with E-state index in [2.05, 4.69) is 0 Å². The number of ether oxygens (including phenoxy) is 1. The van der Waals surface area contributed by atoms with Crippen molar-refractivity contribution in [3.8, 4) is 5.75 Å². The van der Waals surface area contributed by atoms with E-state index in [9.17, 15) is 14.3 Å². The zero-order valence-electron chi connectivity index (χ0n) is 12.5. The first-order chi connectivity index (χ1) is 10.5. The van der Waals surface area contributed by atoms with Gasteiger partial charge in [-0.1, -0.05) is 18.2 Å². The van der Waals surface area contributed by atoms with Crippen LogP contribution in [-0.2, 0) is 4.79 Å². The predicted octanol–water partition coefficient (Wildman–Crippen LogP) is 4.16. The zero-order valence-corrected chi connectivity index (χ0v) is 12.5. The van der Waals surface area contributed by atoms with Gasteiger partial charge in [0.15, 0.2) is 0 Å². The third-order valence-corrected chi connectivity index (χ3v) is 3.21. The van der Waals surface area contributed by atoms with E-state index < -0.39 is 5.97 Å². The monoisotopic (exact) mass is 300 g/mol. The topological polar surface area (TPSA) is 46.5 Å². The summed E-state index contributed by atoms with van der Waals surface area (Å²) in [7, 11) is 0. The van der Waals surface area contributed by atoms with Crippen molar-refractivity contribution in [1.82, 2.24) is 0 Å². The molecule has 0 saturated carbocycles. The molecule has 0 atom stereocenters. The lowest BCUT2D eigenvalue weighted by Crippen LogP contribution is -2.02. The molecule has 22 heavy (non-hydrogen) atoms. The van der Waals surface area contributed by atoms with Crippen molar-refractivity contribution in [2.45, 2.75) is 13.8 Å². The van der Waals surface area contributed by atoms with Crippen LogP contribution >= 0.6 is 0 Å². The Morgan fingerprint density at radius 3 is 2.45 bits per heavy atom. The number of aryl methyl sites for hydroxylation is 1. The molecule has 0 aromatic heterocycles. The molecular formula is C18H17FO3. The molecule has 3 nitrogen and oxygen atoms in total. The van der Waals surface area contributed by atoms with Crippen LogP contribution in [0.3, 0.4) is 0 Å². The summed E-state index contributed by atoms with van der Waals surface area (Å²) in [5.41, 5.74) is 2.21. The number of carbonyl (C=O) groups is 1. The first-order valence-electron chi connectivity index (χ1n) is 6.95. The summed E-state index contributed by atoms with van der Waals surface area (Å²) in [5.74, 6) is -0.682. The Morgan fingerprint density at radius 2 is 1.91 bits per heavy atom. The van der Waals surface area contributed by atoms with E-state index in [0.717, 1.165) is 5.56 Å². The molecule has 2 aromatic carbocycles. The lowest BCUT2D eigenvalue weighted by molar-refractivity contribution is -0.130. The first-order valence-corrected chi connectivity index (χ1v) is 6.95. The Balaban J connectivity index is 2.44. The minimum absolute atomic E-state index is 0.159. The molecule has 4 heteroatoms. The van der Waals surface area contributed by atoms with E-state index >= 15 is 0 Å². The molecule has 0 aliphatic heterocycles. The van der Waals surface area contributed by atoms with Crippen LogP contribution in [0, 0.1) is 12.7 Å². The highest BCUT2D eigenvalue weighted by Gasteiger charge is 2.13. The van der Waals surface area contributed by atoms with Gasteiger partial charge in [-0.25, -0.2) is 9.18 Å². The van der Waals surface area contributed by atoms with E-state index in [1.54, 1.807) is 30.3 Å². The second kappa shape index (κ2) is 6.89. The minimum Gasteiger partial charge on any atom is -0.494 e. The average molecular weight is 300 g/mol. The normalized spacial score (nSPS) is 11.3. The van der Waals surface area contributed by atoms with Gasteiger partial charge in [0.05, 0.1) is 12.2 Å². The number of hydrogen-bond acceptors (Lipinski definition) is 2. The number of benzene rings is 2. The largest absolute Gasteiger partial charge is 0.494 e. The molecule has 1 N–H and O–H groups in total. The standard InChI is InChI=1S/C18H17FO3/c1-3-22-15-8-9-16(12(2)10-15)17(18(20)21)11-13-4-6-14(19)7-5-13/h4-11H,3H2,1-2H3,(H,20,21)/b17-11-. The van der Waals surface area contributed by atoms with Gasteiger partial charge in [0, 0.05) is 0 Å². The van der Waals surface area contributed by atoms with Gasteiger partial charge >= 0.3 is 5.97 Å². The molecule has 0 fully saturated rings. The van der Waals surface area contributed by atoms with E-state index in [1.807, 2.05) is 13.8 Å². The van der Waals surface area contributed by atoms with Crippen LogP contribution in [0.5, 0.6) is 5.75 Å². The smallest absolute Gasteiger partial charge is 0.336 e. The summed E-state index contributed by atoms with van der Waals surface area (Å²) in [6.07, 6.45) is 1.53. The van der Waals surface area contributed by atoms with Crippen molar-refractivity contribution < 1.29 is 19.0 Å². The molecule has 0 amide bonds. The second-order valence-electron chi connectivity index (χ2n) is 4.82. The Bertz CT molecular complexity index is 703. The third-order valence-electron chi connectivity index (χ3n) is 3.21. The van der Waals surface area contributed by atoms with Crippen LogP contribution in [0.2, 0.25) is 0 Å².